The van der Waals surface area contributed by atoms with Crippen LogP contribution in [0.15, 0.2) is 41.3 Å². The van der Waals surface area contributed by atoms with Gasteiger partial charge in [-0.05, 0) is 37.1 Å². The lowest BCUT2D eigenvalue weighted by Gasteiger charge is -2.34. The van der Waals surface area contributed by atoms with Crippen LogP contribution in [-0.4, -0.2) is 39.6 Å². The Morgan fingerprint density at radius 2 is 2.25 bits per heavy atom. The van der Waals surface area contributed by atoms with E-state index >= 15 is 0 Å². The summed E-state index contributed by atoms with van der Waals surface area (Å²) < 4.78 is 2.67. The van der Waals surface area contributed by atoms with Gasteiger partial charge in [-0.1, -0.05) is 15.9 Å². The number of halogens is 1. The van der Waals surface area contributed by atoms with Gasteiger partial charge in [0.15, 0.2) is 0 Å². The molecule has 0 radical (unpaired) electrons. The third-order valence-corrected chi connectivity index (χ3v) is 5.39. The maximum Gasteiger partial charge on any atom is 0.271 e. The minimum absolute atomic E-state index is 0.0104. The molecule has 1 N–H and O–H groups in total. The zero-order valence-corrected chi connectivity index (χ0v) is 17.0. The molecule has 1 saturated heterocycles. The molecule has 1 aliphatic rings. The minimum atomic E-state index is -0.165. The first-order valence-electron chi connectivity index (χ1n) is 9.07. The molecule has 1 unspecified atom stereocenters. The Kier molecular flexibility index (Phi) is 5.01. The van der Waals surface area contributed by atoms with Gasteiger partial charge in [0.2, 0.25) is 0 Å². The number of fused-ring (bicyclic) bond motifs is 1. The number of carbonyl (C=O) groups is 1. The second kappa shape index (κ2) is 7.60. The Hall–Kier alpha value is -2.92. The summed E-state index contributed by atoms with van der Waals surface area (Å²) in [5.41, 5.74) is 1.80. The molecular formula is C20H19BrN6O. The SMILES string of the molecule is Cn1cnc(C(=O)NC2CCCN(c3cc(C#N)c4cc(Br)ccc4n3)C2)c1. The van der Waals surface area contributed by atoms with E-state index < -0.39 is 0 Å². The number of aromatic nitrogens is 3. The van der Waals surface area contributed by atoms with Crippen molar-refractivity contribution in [3.05, 3.63) is 52.5 Å². The highest BCUT2D eigenvalue weighted by atomic mass is 79.9. The number of rotatable bonds is 3. The van der Waals surface area contributed by atoms with Crippen molar-refractivity contribution in [1.29, 1.82) is 5.26 Å². The van der Waals surface area contributed by atoms with Crippen molar-refractivity contribution in [3.8, 4) is 6.07 Å². The number of hydrogen-bond donors (Lipinski definition) is 1. The number of amides is 1. The third kappa shape index (κ3) is 3.71. The first-order chi connectivity index (χ1) is 13.5. The number of anilines is 1. The molecule has 7 nitrogen and oxygen atoms in total. The maximum absolute atomic E-state index is 12.4. The first kappa shape index (κ1) is 18.4. The summed E-state index contributed by atoms with van der Waals surface area (Å²) in [5.74, 6) is 0.602. The fraction of sp³-hybridized carbons (Fsp3) is 0.300. The van der Waals surface area contributed by atoms with Gasteiger partial charge in [-0.25, -0.2) is 9.97 Å². The van der Waals surface area contributed by atoms with Gasteiger partial charge in [-0.15, -0.1) is 0 Å². The van der Waals surface area contributed by atoms with Crippen LogP contribution in [0.2, 0.25) is 0 Å². The van der Waals surface area contributed by atoms with Crippen molar-refractivity contribution in [1.82, 2.24) is 19.9 Å². The maximum atomic E-state index is 12.4. The summed E-state index contributed by atoms with van der Waals surface area (Å²) in [6.07, 6.45) is 5.16. The Labute approximate surface area is 171 Å². The molecule has 0 aliphatic carbocycles. The number of hydrogen-bond acceptors (Lipinski definition) is 5. The van der Waals surface area contributed by atoms with Crippen LogP contribution < -0.4 is 10.2 Å². The van der Waals surface area contributed by atoms with E-state index in [0.29, 0.717) is 17.8 Å². The topological polar surface area (TPSA) is 86.8 Å². The molecular weight excluding hydrogens is 420 g/mol. The number of benzene rings is 1. The van der Waals surface area contributed by atoms with E-state index in [9.17, 15) is 10.1 Å². The molecule has 28 heavy (non-hydrogen) atoms. The van der Waals surface area contributed by atoms with E-state index in [2.05, 4.69) is 37.2 Å². The van der Waals surface area contributed by atoms with E-state index in [1.165, 1.54) is 0 Å². The number of piperidine rings is 1. The van der Waals surface area contributed by atoms with E-state index in [0.717, 1.165) is 40.6 Å². The summed E-state index contributed by atoms with van der Waals surface area (Å²) >= 11 is 3.45. The second-order valence-corrected chi connectivity index (χ2v) is 7.90. The molecule has 0 spiro atoms. The van der Waals surface area contributed by atoms with E-state index in [1.54, 1.807) is 17.1 Å². The zero-order chi connectivity index (χ0) is 19.7. The Balaban J connectivity index is 1.55. The lowest BCUT2D eigenvalue weighted by atomic mass is 10.0. The smallest absolute Gasteiger partial charge is 0.271 e. The average molecular weight is 439 g/mol. The van der Waals surface area contributed by atoms with Crippen molar-refractivity contribution < 1.29 is 4.79 Å². The highest BCUT2D eigenvalue weighted by Gasteiger charge is 2.24. The molecule has 0 saturated carbocycles. The molecule has 142 valence electrons. The fourth-order valence-corrected chi connectivity index (χ4v) is 3.89. The van der Waals surface area contributed by atoms with Gasteiger partial charge in [0.05, 0.1) is 23.5 Å². The first-order valence-corrected chi connectivity index (χ1v) is 9.87. The van der Waals surface area contributed by atoms with Crippen molar-refractivity contribution in [2.45, 2.75) is 18.9 Å². The highest BCUT2D eigenvalue weighted by Crippen LogP contribution is 2.27. The number of nitrogens with one attached hydrogen (secondary N) is 1. The van der Waals surface area contributed by atoms with Crippen molar-refractivity contribution in [2.24, 2.45) is 7.05 Å². The molecule has 1 amide bonds. The molecule has 1 atom stereocenters. The van der Waals surface area contributed by atoms with Gasteiger partial charge < -0.3 is 14.8 Å². The standard InChI is InChI=1S/C20H19BrN6O/c1-26-11-18(23-12-26)20(28)24-15-3-2-6-27(10-15)19-7-13(9-22)16-8-14(21)4-5-17(16)25-19/h4-5,7-8,11-12,15H,2-3,6,10H2,1H3,(H,24,28). The van der Waals surface area contributed by atoms with E-state index in [1.807, 2.05) is 31.3 Å². The van der Waals surface area contributed by atoms with E-state index in [-0.39, 0.29) is 11.9 Å². The molecule has 0 bridgehead atoms. The van der Waals surface area contributed by atoms with Gasteiger partial charge in [0.25, 0.3) is 5.91 Å². The average Bonchev–Trinajstić information content (AvgIpc) is 3.14. The van der Waals surface area contributed by atoms with Crippen molar-refractivity contribution in [3.63, 3.8) is 0 Å². The molecule has 4 rings (SSSR count). The van der Waals surface area contributed by atoms with Crippen LogP contribution in [0.3, 0.4) is 0 Å². The van der Waals surface area contributed by atoms with Crippen LogP contribution in [-0.2, 0) is 7.05 Å². The van der Waals surface area contributed by atoms with Crippen LogP contribution in [0.4, 0.5) is 5.82 Å². The van der Waals surface area contributed by atoms with Crippen LogP contribution in [0.1, 0.15) is 28.9 Å². The number of nitrogens with zero attached hydrogens (tertiary/aromatic N) is 5. The molecule has 3 heterocycles. The molecule has 3 aromatic rings. The van der Waals surface area contributed by atoms with Gasteiger partial charge >= 0.3 is 0 Å². The normalized spacial score (nSPS) is 16.8. The van der Waals surface area contributed by atoms with E-state index in [4.69, 9.17) is 4.98 Å². The highest BCUT2D eigenvalue weighted by molar-refractivity contribution is 9.10. The largest absolute Gasteiger partial charge is 0.355 e. The van der Waals surface area contributed by atoms with Crippen LogP contribution in [0.25, 0.3) is 10.9 Å². The summed E-state index contributed by atoms with van der Waals surface area (Å²) in [7, 11) is 1.84. The summed E-state index contributed by atoms with van der Waals surface area (Å²) in [4.78, 5) is 23.4. The predicted octanol–water partition coefficient (Wildman–Crippen LogP) is 3.00. The Morgan fingerprint density at radius 1 is 1.39 bits per heavy atom. The van der Waals surface area contributed by atoms with Gasteiger partial charge in [-0.3, -0.25) is 4.79 Å². The number of pyridine rings is 1. The van der Waals surface area contributed by atoms with Crippen molar-refractivity contribution in [2.75, 3.05) is 18.0 Å². The Morgan fingerprint density at radius 3 is 3.00 bits per heavy atom. The molecule has 1 fully saturated rings. The number of aryl methyl sites for hydroxylation is 1. The lowest BCUT2D eigenvalue weighted by molar-refractivity contribution is 0.0928. The van der Waals surface area contributed by atoms with Crippen LogP contribution in [0, 0.1) is 11.3 Å². The minimum Gasteiger partial charge on any atom is -0.355 e. The molecule has 8 heteroatoms. The van der Waals surface area contributed by atoms with Crippen LogP contribution in [0.5, 0.6) is 0 Å². The third-order valence-electron chi connectivity index (χ3n) is 4.90. The molecule has 2 aromatic heterocycles. The lowest BCUT2D eigenvalue weighted by Crippen LogP contribution is -2.48. The summed E-state index contributed by atoms with van der Waals surface area (Å²) in [6, 6.07) is 9.86. The number of nitriles is 1. The van der Waals surface area contributed by atoms with Gasteiger partial charge in [0, 0.05) is 42.2 Å². The zero-order valence-electron chi connectivity index (χ0n) is 15.4. The number of imidazole rings is 1. The monoisotopic (exact) mass is 438 g/mol. The second-order valence-electron chi connectivity index (χ2n) is 6.98. The quantitative estimate of drug-likeness (QED) is 0.678. The van der Waals surface area contributed by atoms with Crippen LogP contribution >= 0.6 is 15.9 Å². The Bertz CT molecular complexity index is 1090. The molecule has 1 aliphatic heterocycles. The predicted molar refractivity (Wildman–Crippen MR) is 110 cm³/mol. The fourth-order valence-electron chi connectivity index (χ4n) is 3.53. The number of carbonyl (C=O) groups excluding carboxylic acids is 1. The van der Waals surface area contributed by atoms with Gasteiger partial charge in [-0.2, -0.15) is 5.26 Å². The molecule has 1 aromatic carbocycles. The van der Waals surface area contributed by atoms with Gasteiger partial charge in [0.1, 0.15) is 11.5 Å². The summed E-state index contributed by atoms with van der Waals surface area (Å²) in [5, 5.41) is 13.5. The summed E-state index contributed by atoms with van der Waals surface area (Å²) in [6.45, 7) is 1.49. The van der Waals surface area contributed by atoms with Crippen molar-refractivity contribution >= 4 is 38.6 Å².